The summed E-state index contributed by atoms with van der Waals surface area (Å²) in [7, 11) is 0. The highest BCUT2D eigenvalue weighted by molar-refractivity contribution is 5.53. The Morgan fingerprint density at radius 1 is 0.857 bits per heavy atom. The first-order valence-electron chi connectivity index (χ1n) is 11.3. The van der Waals surface area contributed by atoms with Crippen LogP contribution in [0, 0.1) is 6.92 Å². The Bertz CT molecular complexity index is 1380. The first-order chi connectivity index (χ1) is 17.2. The van der Waals surface area contributed by atoms with Crippen molar-refractivity contribution in [2.24, 2.45) is 0 Å². The van der Waals surface area contributed by atoms with Gasteiger partial charge in [0.25, 0.3) is 0 Å². The molecule has 0 atom stereocenters. The van der Waals surface area contributed by atoms with Gasteiger partial charge >= 0.3 is 0 Å². The van der Waals surface area contributed by atoms with Crippen LogP contribution in [0.5, 0.6) is 11.6 Å². The Kier molecular flexibility index (Phi) is 6.59. The minimum atomic E-state index is -0.150. The molecule has 7 heteroatoms. The minimum Gasteiger partial charge on any atom is -0.487 e. The third-order valence-corrected chi connectivity index (χ3v) is 5.53. The third-order valence-electron chi connectivity index (χ3n) is 5.53. The molecule has 176 valence electrons. The van der Waals surface area contributed by atoms with Crippen LogP contribution < -0.4 is 9.47 Å². The Morgan fingerprint density at radius 3 is 2.29 bits per heavy atom. The highest BCUT2D eigenvalue weighted by atomic mass is 16.5. The predicted molar refractivity (Wildman–Crippen MR) is 131 cm³/mol. The fourth-order valence-corrected chi connectivity index (χ4v) is 3.59. The van der Waals surface area contributed by atoms with Gasteiger partial charge in [0.1, 0.15) is 30.4 Å². The van der Waals surface area contributed by atoms with Crippen molar-refractivity contribution < 1.29 is 19.0 Å². The second-order valence-electron chi connectivity index (χ2n) is 8.01. The van der Waals surface area contributed by atoms with Crippen LogP contribution in [-0.4, -0.2) is 19.9 Å². The van der Waals surface area contributed by atoms with Gasteiger partial charge in [-0.3, -0.25) is 0 Å². The third kappa shape index (κ3) is 5.26. The summed E-state index contributed by atoms with van der Waals surface area (Å²) in [6, 6.07) is 27.2. The lowest BCUT2D eigenvalue weighted by Crippen LogP contribution is -2.00. The molecule has 5 aromatic rings. The number of nitrogens with zero attached hydrogens (tertiary/aromatic N) is 3. The van der Waals surface area contributed by atoms with Crippen LogP contribution in [0.3, 0.4) is 0 Å². The highest BCUT2D eigenvalue weighted by Crippen LogP contribution is 2.24. The van der Waals surface area contributed by atoms with Crippen molar-refractivity contribution >= 4 is 0 Å². The Hall–Kier alpha value is -4.36. The van der Waals surface area contributed by atoms with Crippen LogP contribution >= 0.6 is 0 Å². The summed E-state index contributed by atoms with van der Waals surface area (Å²) in [5.74, 6) is 2.46. The molecule has 0 bridgehead atoms. The normalized spacial score (nSPS) is 10.9. The molecule has 35 heavy (non-hydrogen) atoms. The van der Waals surface area contributed by atoms with Crippen molar-refractivity contribution in [3.05, 3.63) is 114 Å². The number of aromatic nitrogens is 3. The zero-order valence-corrected chi connectivity index (χ0v) is 19.3. The summed E-state index contributed by atoms with van der Waals surface area (Å²) in [5.41, 5.74) is 4.19. The first kappa shape index (κ1) is 22.4. The van der Waals surface area contributed by atoms with E-state index in [1.807, 2.05) is 91.9 Å². The summed E-state index contributed by atoms with van der Waals surface area (Å²) in [5, 5.41) is 14.2. The average molecular weight is 468 g/mol. The zero-order valence-electron chi connectivity index (χ0n) is 19.3. The molecule has 0 spiro atoms. The van der Waals surface area contributed by atoms with Crippen molar-refractivity contribution in [2.75, 3.05) is 0 Å². The van der Waals surface area contributed by atoms with E-state index in [9.17, 15) is 5.11 Å². The molecule has 0 aliphatic heterocycles. The molecule has 0 unspecified atom stereocenters. The average Bonchev–Trinajstić information content (AvgIpc) is 3.51. The SMILES string of the molecule is Cc1oc(-c2ccccc2)nc1COc1ccc(COc2nn(-c3ccccc3)cc2CO)cc1. The molecule has 1 N–H and O–H groups in total. The number of aliphatic hydroxyl groups is 1. The number of benzene rings is 3. The van der Waals surface area contributed by atoms with Gasteiger partial charge in [0.2, 0.25) is 11.8 Å². The fraction of sp³-hybridized carbons (Fsp3) is 0.143. The molecule has 0 fully saturated rings. The molecule has 0 radical (unpaired) electrons. The Labute approximate surface area is 203 Å². The van der Waals surface area contributed by atoms with Gasteiger partial charge in [-0.25, -0.2) is 9.67 Å². The molecule has 0 aliphatic rings. The number of hydrogen-bond acceptors (Lipinski definition) is 6. The molecule has 0 aliphatic carbocycles. The molecule has 0 amide bonds. The van der Waals surface area contributed by atoms with Gasteiger partial charge in [-0.2, -0.15) is 0 Å². The van der Waals surface area contributed by atoms with Gasteiger partial charge in [-0.05, 0) is 48.9 Å². The van der Waals surface area contributed by atoms with E-state index in [2.05, 4.69) is 10.1 Å². The number of hydrogen-bond donors (Lipinski definition) is 1. The number of aryl methyl sites for hydroxylation is 1. The van der Waals surface area contributed by atoms with Crippen molar-refractivity contribution in [2.45, 2.75) is 26.7 Å². The molecule has 7 nitrogen and oxygen atoms in total. The summed E-state index contributed by atoms with van der Waals surface area (Å²) in [6.45, 7) is 2.37. The summed E-state index contributed by atoms with van der Waals surface area (Å²) in [6.07, 6.45) is 1.77. The molecule has 2 heterocycles. The van der Waals surface area contributed by atoms with Crippen molar-refractivity contribution in [3.8, 4) is 28.8 Å². The van der Waals surface area contributed by atoms with E-state index in [1.165, 1.54) is 0 Å². The predicted octanol–water partition coefficient (Wildman–Crippen LogP) is 5.49. The van der Waals surface area contributed by atoms with E-state index in [1.54, 1.807) is 10.9 Å². The molecule has 0 saturated heterocycles. The number of oxazole rings is 1. The van der Waals surface area contributed by atoms with Crippen LogP contribution in [0.1, 0.15) is 22.6 Å². The van der Waals surface area contributed by atoms with Gasteiger partial charge in [0.05, 0.1) is 17.9 Å². The lowest BCUT2D eigenvalue weighted by molar-refractivity contribution is 0.254. The topological polar surface area (TPSA) is 82.5 Å². The summed E-state index contributed by atoms with van der Waals surface area (Å²) in [4.78, 5) is 4.57. The van der Waals surface area contributed by atoms with E-state index < -0.39 is 0 Å². The van der Waals surface area contributed by atoms with Gasteiger partial charge in [0, 0.05) is 11.8 Å². The molecular formula is C28H25N3O4. The van der Waals surface area contributed by atoms with E-state index in [-0.39, 0.29) is 6.61 Å². The van der Waals surface area contributed by atoms with Crippen molar-refractivity contribution in [1.29, 1.82) is 0 Å². The van der Waals surface area contributed by atoms with Gasteiger partial charge in [-0.15, -0.1) is 5.10 Å². The smallest absolute Gasteiger partial charge is 0.239 e. The van der Waals surface area contributed by atoms with E-state index >= 15 is 0 Å². The van der Waals surface area contributed by atoms with Crippen LogP contribution in [0.2, 0.25) is 0 Å². The second kappa shape index (κ2) is 10.3. The van der Waals surface area contributed by atoms with Gasteiger partial charge < -0.3 is 19.0 Å². The monoisotopic (exact) mass is 467 g/mol. The molecule has 5 rings (SSSR count). The van der Waals surface area contributed by atoms with Gasteiger partial charge in [0.15, 0.2) is 0 Å². The van der Waals surface area contributed by atoms with E-state index in [0.717, 1.165) is 34.0 Å². The number of ether oxygens (including phenoxy) is 2. The number of rotatable bonds is 9. The lowest BCUT2D eigenvalue weighted by atomic mass is 10.2. The standard InChI is InChI=1S/C28H25N3O4/c1-20-26(29-27(35-20)22-8-4-2-5-9-22)19-33-25-14-12-21(13-15-25)18-34-28-23(17-32)16-31(30-28)24-10-6-3-7-11-24/h2-16,32H,17-19H2,1H3. The molecule has 2 aromatic heterocycles. The molecular weight excluding hydrogens is 442 g/mol. The van der Waals surface area contributed by atoms with Crippen LogP contribution in [0.4, 0.5) is 0 Å². The molecule has 0 saturated carbocycles. The van der Waals surface area contributed by atoms with Crippen LogP contribution in [0.25, 0.3) is 17.1 Å². The lowest BCUT2D eigenvalue weighted by Gasteiger charge is -2.07. The maximum absolute atomic E-state index is 9.69. The van der Waals surface area contributed by atoms with E-state index in [0.29, 0.717) is 30.5 Å². The maximum atomic E-state index is 9.69. The summed E-state index contributed by atoms with van der Waals surface area (Å²) < 4.78 is 19.3. The Balaban J connectivity index is 1.19. The highest BCUT2D eigenvalue weighted by Gasteiger charge is 2.13. The van der Waals surface area contributed by atoms with E-state index in [4.69, 9.17) is 13.9 Å². The fourth-order valence-electron chi connectivity index (χ4n) is 3.59. The number of aliphatic hydroxyl groups excluding tert-OH is 1. The van der Waals surface area contributed by atoms with Crippen LogP contribution in [0.15, 0.2) is 95.5 Å². The zero-order chi connectivity index (χ0) is 24.0. The number of para-hydroxylation sites is 1. The second-order valence-corrected chi connectivity index (χ2v) is 8.01. The van der Waals surface area contributed by atoms with Crippen LogP contribution in [-0.2, 0) is 19.8 Å². The first-order valence-corrected chi connectivity index (χ1v) is 11.3. The van der Waals surface area contributed by atoms with Crippen molar-refractivity contribution in [3.63, 3.8) is 0 Å². The maximum Gasteiger partial charge on any atom is 0.239 e. The minimum absolute atomic E-state index is 0.150. The molecule has 3 aromatic carbocycles. The largest absolute Gasteiger partial charge is 0.487 e. The van der Waals surface area contributed by atoms with Crippen molar-refractivity contribution in [1.82, 2.24) is 14.8 Å². The Morgan fingerprint density at radius 2 is 1.57 bits per heavy atom. The summed E-state index contributed by atoms with van der Waals surface area (Å²) >= 11 is 0. The quantitative estimate of drug-likeness (QED) is 0.309. The van der Waals surface area contributed by atoms with Gasteiger partial charge in [-0.1, -0.05) is 48.5 Å².